The van der Waals surface area contributed by atoms with Crippen molar-refractivity contribution in [2.45, 2.75) is 26.2 Å². The van der Waals surface area contributed by atoms with Gasteiger partial charge in [-0.3, -0.25) is 0 Å². The van der Waals surface area contributed by atoms with Gasteiger partial charge in [0.2, 0.25) is 5.95 Å². The Morgan fingerprint density at radius 3 is 2.80 bits per heavy atom. The van der Waals surface area contributed by atoms with Gasteiger partial charge in [0, 0.05) is 32.1 Å². The maximum atomic E-state index is 11.5. The largest absolute Gasteiger partial charge is 0.462 e. The van der Waals surface area contributed by atoms with Crippen LogP contribution in [-0.4, -0.2) is 47.3 Å². The first-order chi connectivity index (χ1) is 9.74. The molecule has 0 aliphatic carbocycles. The lowest BCUT2D eigenvalue weighted by Gasteiger charge is -2.20. The third-order valence-electron chi connectivity index (χ3n) is 3.54. The summed E-state index contributed by atoms with van der Waals surface area (Å²) in [6, 6.07) is 0. The van der Waals surface area contributed by atoms with E-state index < -0.39 is 5.97 Å². The van der Waals surface area contributed by atoms with Crippen LogP contribution in [-0.2, 0) is 4.74 Å². The van der Waals surface area contributed by atoms with E-state index in [1.807, 2.05) is 0 Å². The Labute approximate surface area is 118 Å². The molecular weight excluding hydrogens is 258 g/mol. The van der Waals surface area contributed by atoms with E-state index in [0.29, 0.717) is 24.0 Å². The number of carbonyl (C=O) groups is 1. The molecule has 2 rings (SSSR count). The third-order valence-corrected chi connectivity index (χ3v) is 3.54. The summed E-state index contributed by atoms with van der Waals surface area (Å²) in [7, 11) is 0. The van der Waals surface area contributed by atoms with Crippen LogP contribution in [0.4, 0.5) is 5.95 Å². The number of carbonyl (C=O) groups excluding carboxylic acids is 1. The maximum Gasteiger partial charge on any atom is 0.341 e. The van der Waals surface area contributed by atoms with Crippen LogP contribution in [0.5, 0.6) is 0 Å². The van der Waals surface area contributed by atoms with Crippen LogP contribution in [0.15, 0.2) is 12.4 Å². The van der Waals surface area contributed by atoms with Crippen LogP contribution >= 0.6 is 0 Å². The van der Waals surface area contributed by atoms with Crippen LogP contribution < -0.4 is 4.90 Å². The monoisotopic (exact) mass is 279 g/mol. The van der Waals surface area contributed by atoms with Gasteiger partial charge in [-0.1, -0.05) is 0 Å². The summed E-state index contributed by atoms with van der Waals surface area (Å²) in [5.41, 5.74) is 0.374. The van der Waals surface area contributed by atoms with Gasteiger partial charge in [-0.25, -0.2) is 14.8 Å². The van der Waals surface area contributed by atoms with E-state index in [0.717, 1.165) is 32.4 Å². The van der Waals surface area contributed by atoms with Gasteiger partial charge in [-0.2, -0.15) is 0 Å². The van der Waals surface area contributed by atoms with Crippen LogP contribution in [0.3, 0.4) is 0 Å². The minimum atomic E-state index is -0.393. The molecule has 0 aromatic carbocycles. The van der Waals surface area contributed by atoms with Crippen molar-refractivity contribution in [1.82, 2.24) is 9.97 Å². The molecule has 110 valence electrons. The number of anilines is 1. The molecule has 1 aliphatic rings. The SMILES string of the molecule is CCOC(=O)c1cnc(N2CCCC(CO)CC2)nc1. The summed E-state index contributed by atoms with van der Waals surface area (Å²) < 4.78 is 4.90. The molecule has 1 aliphatic heterocycles. The highest BCUT2D eigenvalue weighted by atomic mass is 16.5. The van der Waals surface area contributed by atoms with E-state index >= 15 is 0 Å². The second-order valence-corrected chi connectivity index (χ2v) is 4.96. The first-order valence-corrected chi connectivity index (χ1v) is 7.09. The molecule has 0 radical (unpaired) electrons. The molecule has 0 spiro atoms. The lowest BCUT2D eigenvalue weighted by atomic mass is 10.0. The molecule has 0 amide bonds. The van der Waals surface area contributed by atoms with Crippen molar-refractivity contribution in [3.63, 3.8) is 0 Å². The van der Waals surface area contributed by atoms with Crippen LogP contribution in [0, 0.1) is 5.92 Å². The molecule has 2 heterocycles. The fraction of sp³-hybridized carbons (Fsp3) is 0.643. The summed E-state index contributed by atoms with van der Waals surface area (Å²) in [5.74, 6) is 0.616. The summed E-state index contributed by atoms with van der Waals surface area (Å²) in [5, 5.41) is 9.22. The lowest BCUT2D eigenvalue weighted by Crippen LogP contribution is -2.26. The van der Waals surface area contributed by atoms with Gasteiger partial charge in [0.25, 0.3) is 0 Å². The zero-order valence-electron chi connectivity index (χ0n) is 11.8. The van der Waals surface area contributed by atoms with Gasteiger partial charge in [0.15, 0.2) is 0 Å². The molecule has 1 saturated heterocycles. The summed E-state index contributed by atoms with van der Waals surface area (Å²) >= 11 is 0. The smallest absolute Gasteiger partial charge is 0.341 e. The number of nitrogens with zero attached hydrogens (tertiary/aromatic N) is 3. The molecule has 6 heteroatoms. The fourth-order valence-corrected chi connectivity index (χ4v) is 2.35. The van der Waals surface area contributed by atoms with E-state index in [4.69, 9.17) is 4.74 Å². The first kappa shape index (κ1) is 14.7. The minimum Gasteiger partial charge on any atom is -0.462 e. The number of hydrogen-bond donors (Lipinski definition) is 1. The molecule has 1 atom stereocenters. The van der Waals surface area contributed by atoms with Crippen LogP contribution in [0.1, 0.15) is 36.5 Å². The predicted octanol–water partition coefficient (Wildman–Crippen LogP) is 1.25. The lowest BCUT2D eigenvalue weighted by molar-refractivity contribution is 0.0525. The van der Waals surface area contributed by atoms with E-state index in [9.17, 15) is 9.90 Å². The molecule has 6 nitrogen and oxygen atoms in total. The van der Waals surface area contributed by atoms with Gasteiger partial charge >= 0.3 is 5.97 Å². The summed E-state index contributed by atoms with van der Waals surface area (Å²) in [4.78, 5) is 22.1. The Morgan fingerprint density at radius 2 is 2.15 bits per heavy atom. The Hall–Kier alpha value is -1.69. The highest BCUT2D eigenvalue weighted by molar-refractivity contribution is 5.88. The Kier molecular flexibility index (Phi) is 5.29. The number of hydrogen-bond acceptors (Lipinski definition) is 6. The average molecular weight is 279 g/mol. The zero-order valence-corrected chi connectivity index (χ0v) is 11.8. The highest BCUT2D eigenvalue weighted by Gasteiger charge is 2.18. The third kappa shape index (κ3) is 3.66. The second-order valence-electron chi connectivity index (χ2n) is 4.96. The van der Waals surface area contributed by atoms with Crippen molar-refractivity contribution < 1.29 is 14.6 Å². The van der Waals surface area contributed by atoms with E-state index in [1.165, 1.54) is 12.4 Å². The van der Waals surface area contributed by atoms with Crippen molar-refractivity contribution in [2.24, 2.45) is 5.92 Å². The van der Waals surface area contributed by atoms with Crippen molar-refractivity contribution in [1.29, 1.82) is 0 Å². The van der Waals surface area contributed by atoms with Crippen LogP contribution in [0.25, 0.3) is 0 Å². The number of aromatic nitrogens is 2. The van der Waals surface area contributed by atoms with E-state index in [2.05, 4.69) is 14.9 Å². The van der Waals surface area contributed by atoms with Gasteiger partial charge < -0.3 is 14.7 Å². The number of aliphatic hydroxyl groups excluding tert-OH is 1. The minimum absolute atomic E-state index is 0.247. The second kappa shape index (κ2) is 7.19. The topological polar surface area (TPSA) is 75.5 Å². The zero-order chi connectivity index (χ0) is 14.4. The van der Waals surface area contributed by atoms with Gasteiger partial charge in [0.05, 0.1) is 12.2 Å². The van der Waals surface area contributed by atoms with Crippen molar-refractivity contribution in [3.8, 4) is 0 Å². The van der Waals surface area contributed by atoms with E-state index in [1.54, 1.807) is 6.92 Å². The van der Waals surface area contributed by atoms with Gasteiger partial charge in [0.1, 0.15) is 0 Å². The molecular formula is C14H21N3O3. The van der Waals surface area contributed by atoms with E-state index in [-0.39, 0.29) is 6.61 Å². The maximum absolute atomic E-state index is 11.5. The van der Waals surface area contributed by atoms with Crippen molar-refractivity contribution in [2.75, 3.05) is 31.2 Å². The van der Waals surface area contributed by atoms with Crippen molar-refractivity contribution >= 4 is 11.9 Å². The molecule has 1 aromatic rings. The highest BCUT2D eigenvalue weighted by Crippen LogP contribution is 2.19. The molecule has 1 aromatic heterocycles. The summed E-state index contributed by atoms with van der Waals surface area (Å²) in [6.45, 7) is 4.08. The normalized spacial score (nSPS) is 19.5. The molecule has 0 saturated carbocycles. The predicted molar refractivity (Wildman–Crippen MR) is 74.6 cm³/mol. The number of esters is 1. The molecule has 1 fully saturated rings. The molecule has 0 bridgehead atoms. The van der Waals surface area contributed by atoms with Gasteiger partial charge in [-0.05, 0) is 32.1 Å². The molecule has 20 heavy (non-hydrogen) atoms. The average Bonchev–Trinajstić information content (AvgIpc) is 2.73. The Morgan fingerprint density at radius 1 is 1.40 bits per heavy atom. The first-order valence-electron chi connectivity index (χ1n) is 7.09. The number of rotatable bonds is 4. The quantitative estimate of drug-likeness (QED) is 0.836. The Balaban J connectivity index is 2.00. The van der Waals surface area contributed by atoms with Crippen molar-refractivity contribution in [3.05, 3.63) is 18.0 Å². The number of ether oxygens (including phenoxy) is 1. The van der Waals surface area contributed by atoms with Gasteiger partial charge in [-0.15, -0.1) is 0 Å². The Bertz CT molecular complexity index is 436. The number of aliphatic hydroxyl groups is 1. The molecule has 1 N–H and O–H groups in total. The molecule has 1 unspecified atom stereocenters. The van der Waals surface area contributed by atoms with Crippen LogP contribution in [0.2, 0.25) is 0 Å². The fourth-order valence-electron chi connectivity index (χ4n) is 2.35. The summed E-state index contributed by atoms with van der Waals surface area (Å²) in [6.07, 6.45) is 6.02. The standard InChI is InChI=1S/C14H21N3O3/c1-2-20-13(19)12-8-15-14(16-9-12)17-6-3-4-11(10-18)5-7-17/h8-9,11,18H,2-7,10H2,1H3.